The molecule has 2 fully saturated rings. The second-order valence-electron chi connectivity index (χ2n) is 8.71. The topological polar surface area (TPSA) is 105 Å². The summed E-state index contributed by atoms with van der Waals surface area (Å²) < 4.78 is 29.3. The minimum Gasteiger partial charge on any atom is -0.444 e. The van der Waals surface area contributed by atoms with Gasteiger partial charge >= 0.3 is 6.09 Å². The van der Waals surface area contributed by atoms with Crippen molar-refractivity contribution in [2.45, 2.75) is 57.1 Å². The molecule has 3 rings (SSSR count). The van der Waals surface area contributed by atoms with E-state index in [0.29, 0.717) is 11.7 Å². The third kappa shape index (κ3) is 6.22. The van der Waals surface area contributed by atoms with E-state index in [1.807, 2.05) is 42.2 Å². The van der Waals surface area contributed by atoms with Gasteiger partial charge in [0.25, 0.3) is 5.91 Å². The van der Waals surface area contributed by atoms with Gasteiger partial charge in [-0.25, -0.2) is 13.2 Å². The maximum atomic E-state index is 13.1. The fraction of sp³-hybridized carbons (Fsp3) is 0.571. The van der Waals surface area contributed by atoms with Crippen molar-refractivity contribution in [1.29, 1.82) is 0 Å². The Morgan fingerprint density at radius 2 is 1.94 bits per heavy atom. The van der Waals surface area contributed by atoms with Crippen molar-refractivity contribution in [2.75, 3.05) is 18.1 Å². The second-order valence-corrected chi connectivity index (χ2v) is 12.1. The number of hydrogen-bond donors (Lipinski definition) is 1. The molecule has 10 heteroatoms. The number of amidine groups is 1. The quantitative estimate of drug-likeness (QED) is 0.708. The summed E-state index contributed by atoms with van der Waals surface area (Å²) in [5.41, 5.74) is 0.186. The summed E-state index contributed by atoms with van der Waals surface area (Å²) >= 11 is 1.33. The molecule has 0 aromatic heterocycles. The Morgan fingerprint density at radius 3 is 2.55 bits per heavy atom. The van der Waals surface area contributed by atoms with E-state index in [0.717, 1.165) is 5.56 Å². The molecule has 0 unspecified atom stereocenters. The molecule has 0 radical (unpaired) electrons. The number of rotatable bonds is 5. The summed E-state index contributed by atoms with van der Waals surface area (Å²) in [6.07, 6.45) is -0.412. The number of aliphatic imine (C=N–C) groups is 1. The average Bonchev–Trinajstić information content (AvgIpc) is 3.10. The predicted molar refractivity (Wildman–Crippen MR) is 122 cm³/mol. The lowest BCUT2D eigenvalue weighted by atomic mass is 10.1. The fourth-order valence-corrected chi connectivity index (χ4v) is 7.70. The van der Waals surface area contributed by atoms with Gasteiger partial charge < -0.3 is 15.0 Å². The maximum absolute atomic E-state index is 13.1. The normalized spacial score (nSPS) is 24.6. The van der Waals surface area contributed by atoms with E-state index in [2.05, 4.69) is 10.3 Å². The lowest BCUT2D eigenvalue weighted by molar-refractivity contribution is -0.119. The van der Waals surface area contributed by atoms with Crippen LogP contribution in [0.4, 0.5) is 4.79 Å². The molecule has 8 nitrogen and oxygen atoms in total. The van der Waals surface area contributed by atoms with Crippen LogP contribution in [0.15, 0.2) is 35.3 Å². The average molecular weight is 468 g/mol. The summed E-state index contributed by atoms with van der Waals surface area (Å²) in [6.45, 7) is 7.72. The molecule has 2 amide bonds. The van der Waals surface area contributed by atoms with E-state index in [-0.39, 0.29) is 29.2 Å². The number of sulfone groups is 1. The zero-order chi connectivity index (χ0) is 22.8. The van der Waals surface area contributed by atoms with Crippen molar-refractivity contribution in [3.05, 3.63) is 35.9 Å². The van der Waals surface area contributed by atoms with Gasteiger partial charge in [0.1, 0.15) is 11.6 Å². The van der Waals surface area contributed by atoms with Crippen LogP contribution < -0.4 is 5.32 Å². The summed E-state index contributed by atoms with van der Waals surface area (Å²) in [5.74, 6) is -0.316. The Bertz CT molecular complexity index is 957. The lowest BCUT2D eigenvalue weighted by Gasteiger charge is -2.24. The van der Waals surface area contributed by atoms with E-state index in [1.165, 1.54) is 11.8 Å². The number of carbonyl (C=O) groups excluding carboxylic acids is 2. The molecule has 3 atom stereocenters. The van der Waals surface area contributed by atoms with E-state index in [9.17, 15) is 18.0 Å². The molecule has 0 bridgehead atoms. The Morgan fingerprint density at radius 1 is 1.26 bits per heavy atom. The Labute approximate surface area is 187 Å². The highest BCUT2D eigenvalue weighted by atomic mass is 32.2. The highest BCUT2D eigenvalue weighted by Crippen LogP contribution is 2.37. The van der Waals surface area contributed by atoms with Crippen LogP contribution in [-0.4, -0.2) is 71.5 Å². The van der Waals surface area contributed by atoms with Gasteiger partial charge in [0.2, 0.25) is 0 Å². The summed E-state index contributed by atoms with van der Waals surface area (Å²) in [7, 11) is -3.07. The van der Waals surface area contributed by atoms with Gasteiger partial charge in [0.15, 0.2) is 15.0 Å². The molecule has 2 saturated heterocycles. The number of benzene rings is 1. The van der Waals surface area contributed by atoms with Crippen LogP contribution in [-0.2, 0) is 25.8 Å². The highest BCUT2D eigenvalue weighted by Gasteiger charge is 2.48. The van der Waals surface area contributed by atoms with Gasteiger partial charge in [-0.05, 0) is 33.3 Å². The second kappa shape index (κ2) is 9.20. The summed E-state index contributed by atoms with van der Waals surface area (Å²) in [6, 6.07) is 8.30. The first-order valence-corrected chi connectivity index (χ1v) is 13.0. The molecule has 1 N–H and O–H groups in total. The van der Waals surface area contributed by atoms with E-state index < -0.39 is 33.5 Å². The Hall–Kier alpha value is -2.07. The molecule has 2 aliphatic rings. The number of alkyl carbamates (subject to hydrolysis) is 1. The highest BCUT2D eigenvalue weighted by molar-refractivity contribution is 8.15. The van der Waals surface area contributed by atoms with Crippen molar-refractivity contribution in [2.24, 2.45) is 4.99 Å². The molecule has 0 spiro atoms. The number of thioether (sulfide) groups is 1. The van der Waals surface area contributed by atoms with Crippen LogP contribution in [0.25, 0.3) is 0 Å². The number of amides is 2. The van der Waals surface area contributed by atoms with Crippen LogP contribution in [0.1, 0.15) is 33.3 Å². The summed E-state index contributed by atoms with van der Waals surface area (Å²) in [5, 5.41) is 3.04. The number of nitrogens with one attached hydrogen (secondary N) is 1. The van der Waals surface area contributed by atoms with Crippen molar-refractivity contribution in [3.63, 3.8) is 0 Å². The molecule has 1 aromatic carbocycles. The van der Waals surface area contributed by atoms with Gasteiger partial charge in [-0.1, -0.05) is 42.1 Å². The number of carbonyl (C=O) groups is 2. The Kier molecular flexibility index (Phi) is 7.00. The standard InChI is InChI=1S/C21H29N3O5S2/c1-5-24-16-12-31(27,28)13-17(16)30-19(24)23-18(25)15(11-14-9-7-6-8-10-14)22-20(26)29-21(2,3)4/h6-10,15-17H,5,11-13H2,1-4H3,(H,22,26)/t15-,16+,17-/m1/s1. The monoisotopic (exact) mass is 467 g/mol. The van der Waals surface area contributed by atoms with Crippen LogP contribution in [0.2, 0.25) is 0 Å². The molecule has 31 heavy (non-hydrogen) atoms. The first-order chi connectivity index (χ1) is 14.5. The number of nitrogens with zero attached hydrogens (tertiary/aromatic N) is 2. The van der Waals surface area contributed by atoms with Gasteiger partial charge in [-0.3, -0.25) is 4.79 Å². The first kappa shape index (κ1) is 23.6. The van der Waals surface area contributed by atoms with Crippen molar-refractivity contribution >= 4 is 38.8 Å². The number of fused-ring (bicyclic) bond motifs is 1. The molecular weight excluding hydrogens is 438 g/mol. The van der Waals surface area contributed by atoms with Crippen molar-refractivity contribution < 1.29 is 22.7 Å². The fourth-order valence-electron chi connectivity index (χ4n) is 3.68. The van der Waals surface area contributed by atoms with Crippen LogP contribution in [0.3, 0.4) is 0 Å². The van der Waals surface area contributed by atoms with Crippen LogP contribution in [0.5, 0.6) is 0 Å². The lowest BCUT2D eigenvalue weighted by Crippen LogP contribution is -2.45. The van der Waals surface area contributed by atoms with Gasteiger partial charge in [0, 0.05) is 18.2 Å². The number of hydrogen-bond acceptors (Lipinski definition) is 6. The van der Waals surface area contributed by atoms with Gasteiger partial charge in [-0.15, -0.1) is 0 Å². The predicted octanol–water partition coefficient (Wildman–Crippen LogP) is 2.24. The Balaban J connectivity index is 1.79. The zero-order valence-corrected chi connectivity index (χ0v) is 19.8. The minimum absolute atomic E-state index is 0.0787. The molecule has 0 saturated carbocycles. The maximum Gasteiger partial charge on any atom is 0.408 e. The third-order valence-corrected chi connectivity index (χ3v) is 8.24. The van der Waals surface area contributed by atoms with Crippen LogP contribution >= 0.6 is 11.8 Å². The van der Waals surface area contributed by atoms with Crippen LogP contribution in [0, 0.1) is 0 Å². The minimum atomic E-state index is -3.07. The van der Waals surface area contributed by atoms with E-state index in [4.69, 9.17) is 4.74 Å². The molecule has 170 valence electrons. The molecule has 2 aliphatic heterocycles. The van der Waals surface area contributed by atoms with Crippen molar-refractivity contribution in [1.82, 2.24) is 10.2 Å². The smallest absolute Gasteiger partial charge is 0.408 e. The van der Waals surface area contributed by atoms with E-state index >= 15 is 0 Å². The van der Waals surface area contributed by atoms with Gasteiger partial charge in [-0.2, -0.15) is 4.99 Å². The zero-order valence-electron chi connectivity index (χ0n) is 18.2. The largest absolute Gasteiger partial charge is 0.444 e. The molecule has 0 aliphatic carbocycles. The molecular formula is C21H29N3O5S2. The van der Waals surface area contributed by atoms with Gasteiger partial charge in [0.05, 0.1) is 17.5 Å². The molecule has 2 heterocycles. The van der Waals surface area contributed by atoms with E-state index in [1.54, 1.807) is 20.8 Å². The molecule has 1 aromatic rings. The number of ether oxygens (including phenoxy) is 1. The SMILES string of the molecule is CCN1C(=NC(=O)[C@@H](Cc2ccccc2)NC(=O)OC(C)(C)C)S[C@@H]2CS(=O)(=O)C[C@@H]21. The van der Waals surface area contributed by atoms with Crippen molar-refractivity contribution in [3.8, 4) is 0 Å². The third-order valence-electron chi connectivity index (χ3n) is 4.99. The first-order valence-electron chi connectivity index (χ1n) is 10.3. The summed E-state index contributed by atoms with van der Waals surface area (Å²) in [4.78, 5) is 31.6.